The molecule has 0 saturated heterocycles. The lowest BCUT2D eigenvalue weighted by molar-refractivity contribution is -0.732. The maximum atomic E-state index is 10.7. The topological polar surface area (TPSA) is 78.9 Å². The van der Waals surface area contributed by atoms with E-state index in [1.165, 1.54) is 18.5 Å². The SMILES string of the molecule is CCCCc1c[n+](C)nn1C.O=S(=O)([O-])C(F)(F)F. The van der Waals surface area contributed by atoms with Gasteiger partial charge in [0.25, 0.3) is 0 Å². The molecule has 0 bridgehead atoms. The molecule has 0 spiro atoms. The van der Waals surface area contributed by atoms with E-state index in [0.717, 1.165) is 6.42 Å². The molecule has 0 aliphatic heterocycles. The minimum atomic E-state index is -6.09. The molecule has 1 aromatic rings. The van der Waals surface area contributed by atoms with Gasteiger partial charge in [0, 0.05) is 6.42 Å². The van der Waals surface area contributed by atoms with Crippen LogP contribution in [0.2, 0.25) is 0 Å². The van der Waals surface area contributed by atoms with E-state index in [4.69, 9.17) is 13.0 Å². The van der Waals surface area contributed by atoms with Crippen molar-refractivity contribution >= 4 is 10.1 Å². The number of aryl methyl sites for hydroxylation is 3. The highest BCUT2D eigenvalue weighted by atomic mass is 32.2. The Balaban J connectivity index is 0.000000362. The molecule has 0 unspecified atom stereocenters. The highest BCUT2D eigenvalue weighted by Crippen LogP contribution is 2.20. The van der Waals surface area contributed by atoms with Crippen molar-refractivity contribution in [1.29, 1.82) is 0 Å². The van der Waals surface area contributed by atoms with Crippen LogP contribution in [0.15, 0.2) is 6.20 Å². The van der Waals surface area contributed by atoms with Gasteiger partial charge in [0.2, 0.25) is 0 Å². The Hall–Kier alpha value is -1.16. The molecule has 0 aliphatic carbocycles. The van der Waals surface area contributed by atoms with Crippen LogP contribution in [0.5, 0.6) is 0 Å². The summed E-state index contributed by atoms with van der Waals surface area (Å²) in [6.45, 7) is 2.20. The molecule has 6 nitrogen and oxygen atoms in total. The summed E-state index contributed by atoms with van der Waals surface area (Å²) in [4.78, 5) is 0. The number of alkyl halides is 3. The van der Waals surface area contributed by atoms with Gasteiger partial charge in [0.1, 0.15) is 14.1 Å². The van der Waals surface area contributed by atoms with Gasteiger partial charge >= 0.3 is 5.51 Å². The zero-order valence-electron chi connectivity index (χ0n) is 10.8. The normalized spacial score (nSPS) is 11.9. The molecule has 0 N–H and O–H groups in total. The van der Waals surface area contributed by atoms with E-state index < -0.39 is 15.6 Å². The second-order valence-corrected chi connectivity index (χ2v) is 5.18. The minimum absolute atomic E-state index is 1.14. The van der Waals surface area contributed by atoms with Crippen LogP contribution in [-0.4, -0.2) is 28.4 Å². The van der Waals surface area contributed by atoms with Crippen molar-refractivity contribution in [2.45, 2.75) is 31.7 Å². The smallest absolute Gasteiger partial charge is 0.485 e. The zero-order chi connectivity index (χ0) is 15.3. The van der Waals surface area contributed by atoms with E-state index in [-0.39, 0.29) is 0 Å². The fraction of sp³-hybridized carbons (Fsp3) is 0.778. The van der Waals surface area contributed by atoms with Crippen LogP contribution >= 0.6 is 0 Å². The van der Waals surface area contributed by atoms with Crippen LogP contribution in [0.1, 0.15) is 25.5 Å². The molecule has 0 atom stereocenters. The molecule has 0 saturated carbocycles. The molecule has 0 amide bonds. The highest BCUT2D eigenvalue weighted by Gasteiger charge is 2.36. The number of aromatic nitrogens is 3. The Morgan fingerprint density at radius 2 is 1.95 bits per heavy atom. The molecular formula is C9H16F3N3O3S. The van der Waals surface area contributed by atoms with Crippen LogP contribution in [-0.2, 0) is 30.6 Å². The molecule has 1 aromatic heterocycles. The summed E-state index contributed by atoms with van der Waals surface area (Å²) in [5.74, 6) is 0. The number of halogens is 3. The van der Waals surface area contributed by atoms with Crippen LogP contribution in [0.3, 0.4) is 0 Å². The lowest BCUT2D eigenvalue weighted by atomic mass is 10.2. The largest absolute Gasteiger partial charge is 0.741 e. The number of nitrogens with zero attached hydrogens (tertiary/aromatic N) is 3. The Kier molecular flexibility index (Phi) is 6.43. The summed E-state index contributed by atoms with van der Waals surface area (Å²) < 4.78 is 62.7. The predicted molar refractivity (Wildman–Crippen MR) is 58.7 cm³/mol. The summed E-state index contributed by atoms with van der Waals surface area (Å²) in [6, 6.07) is 0. The lowest BCUT2D eigenvalue weighted by Crippen LogP contribution is -2.29. The third kappa shape index (κ3) is 6.53. The van der Waals surface area contributed by atoms with Crippen LogP contribution < -0.4 is 4.68 Å². The van der Waals surface area contributed by atoms with Crippen molar-refractivity contribution in [2.24, 2.45) is 14.1 Å². The first-order chi connectivity index (χ1) is 8.49. The zero-order valence-corrected chi connectivity index (χ0v) is 11.6. The van der Waals surface area contributed by atoms with Gasteiger partial charge in [-0.15, -0.1) is 9.36 Å². The van der Waals surface area contributed by atoms with E-state index >= 15 is 0 Å². The van der Waals surface area contributed by atoms with Crippen molar-refractivity contribution in [1.82, 2.24) is 9.90 Å². The van der Waals surface area contributed by atoms with Crippen LogP contribution in [0, 0.1) is 0 Å². The molecule has 0 aliphatic rings. The van der Waals surface area contributed by atoms with Crippen LogP contribution in [0.25, 0.3) is 0 Å². The Labute approximate surface area is 109 Å². The minimum Gasteiger partial charge on any atom is -0.741 e. The molecule has 112 valence electrons. The second kappa shape index (κ2) is 6.85. The highest BCUT2D eigenvalue weighted by molar-refractivity contribution is 7.86. The van der Waals surface area contributed by atoms with Gasteiger partial charge in [-0.05, 0) is 6.42 Å². The summed E-state index contributed by atoms with van der Waals surface area (Å²) in [6.07, 6.45) is 5.71. The summed E-state index contributed by atoms with van der Waals surface area (Å²) >= 11 is 0. The molecular weight excluding hydrogens is 287 g/mol. The van der Waals surface area contributed by atoms with E-state index in [0.29, 0.717) is 0 Å². The van der Waals surface area contributed by atoms with Gasteiger partial charge in [-0.1, -0.05) is 13.3 Å². The van der Waals surface area contributed by atoms with Gasteiger partial charge in [0.15, 0.2) is 22.0 Å². The van der Waals surface area contributed by atoms with Gasteiger partial charge in [-0.25, -0.2) is 8.42 Å². The third-order valence-electron chi connectivity index (χ3n) is 2.10. The van der Waals surface area contributed by atoms with Crippen molar-refractivity contribution in [3.63, 3.8) is 0 Å². The number of unbranched alkanes of at least 4 members (excludes halogenated alkanes) is 1. The van der Waals surface area contributed by atoms with Crippen LogP contribution in [0.4, 0.5) is 13.2 Å². The van der Waals surface area contributed by atoms with Crippen molar-refractivity contribution in [3.05, 3.63) is 11.9 Å². The molecule has 0 aromatic carbocycles. The first kappa shape index (κ1) is 17.8. The quantitative estimate of drug-likeness (QED) is 0.466. The molecule has 1 rings (SSSR count). The van der Waals surface area contributed by atoms with Crippen molar-refractivity contribution < 1.29 is 30.8 Å². The first-order valence-corrected chi connectivity index (χ1v) is 6.80. The summed E-state index contributed by atoms with van der Waals surface area (Å²) in [7, 11) is -2.15. The van der Waals surface area contributed by atoms with Crippen molar-refractivity contribution in [2.75, 3.05) is 0 Å². The Morgan fingerprint density at radius 3 is 2.21 bits per heavy atom. The fourth-order valence-corrected chi connectivity index (χ4v) is 1.18. The summed E-state index contributed by atoms with van der Waals surface area (Å²) in [5.41, 5.74) is -4.33. The molecule has 0 radical (unpaired) electrons. The summed E-state index contributed by atoms with van der Waals surface area (Å²) in [5, 5.41) is 4.20. The fourth-order valence-electron chi connectivity index (χ4n) is 1.18. The second-order valence-electron chi connectivity index (χ2n) is 3.81. The third-order valence-corrected chi connectivity index (χ3v) is 2.66. The molecule has 10 heteroatoms. The van der Waals surface area contributed by atoms with E-state index in [2.05, 4.69) is 18.3 Å². The Bertz CT molecular complexity index is 497. The van der Waals surface area contributed by atoms with Gasteiger partial charge in [-0.2, -0.15) is 13.2 Å². The van der Waals surface area contributed by atoms with Gasteiger partial charge < -0.3 is 4.55 Å². The average Bonchev–Trinajstić information content (AvgIpc) is 2.52. The molecule has 1 heterocycles. The van der Waals surface area contributed by atoms with E-state index in [1.54, 1.807) is 0 Å². The maximum Gasteiger partial charge on any atom is 0.485 e. The predicted octanol–water partition coefficient (Wildman–Crippen LogP) is 0.639. The Morgan fingerprint density at radius 1 is 1.47 bits per heavy atom. The van der Waals surface area contributed by atoms with E-state index in [1.807, 2.05) is 23.5 Å². The van der Waals surface area contributed by atoms with E-state index in [9.17, 15) is 13.2 Å². The number of hydrogen-bond donors (Lipinski definition) is 0. The number of hydrogen-bond acceptors (Lipinski definition) is 4. The average molecular weight is 303 g/mol. The monoisotopic (exact) mass is 303 g/mol. The lowest BCUT2D eigenvalue weighted by Gasteiger charge is -2.08. The number of rotatable bonds is 3. The first-order valence-electron chi connectivity index (χ1n) is 5.40. The van der Waals surface area contributed by atoms with Crippen molar-refractivity contribution in [3.8, 4) is 0 Å². The molecule has 19 heavy (non-hydrogen) atoms. The molecule has 0 fully saturated rings. The van der Waals surface area contributed by atoms with Gasteiger partial charge in [0.05, 0.1) is 5.21 Å². The maximum absolute atomic E-state index is 10.7. The standard InChI is InChI=1S/C8H16N3.CHF3O3S/c1-4-5-6-8-7-10(2)9-11(8)3;2-1(3,4)8(5,6)7/h7H,4-6H2,1-3H3;(H,5,6,7)/q+1;/p-1. The van der Waals surface area contributed by atoms with Gasteiger partial charge in [-0.3, -0.25) is 0 Å².